The van der Waals surface area contributed by atoms with Crippen molar-refractivity contribution in [3.63, 3.8) is 0 Å². The smallest absolute Gasteiger partial charge is 0.265 e. The molecule has 0 saturated carbocycles. The number of rotatable bonds is 7. The van der Waals surface area contributed by atoms with Gasteiger partial charge in [0, 0.05) is 5.69 Å². The largest absolute Gasteiger partial charge is 0.494 e. The fourth-order valence-corrected chi connectivity index (χ4v) is 5.28. The fraction of sp³-hybridized carbons (Fsp3) is 0.333. The van der Waals surface area contributed by atoms with Crippen molar-refractivity contribution >= 4 is 25.7 Å². The van der Waals surface area contributed by atoms with E-state index >= 15 is 0 Å². The van der Waals surface area contributed by atoms with E-state index < -0.39 is 32.2 Å². The molecule has 1 aliphatic heterocycles. The second-order valence-electron chi connectivity index (χ2n) is 7.30. The van der Waals surface area contributed by atoms with E-state index in [0.717, 1.165) is 27.6 Å². The van der Waals surface area contributed by atoms with Gasteiger partial charge in [0.05, 0.1) is 23.8 Å². The molecular weight excluding hydrogens is 440 g/mol. The van der Waals surface area contributed by atoms with Crippen LogP contribution in [-0.4, -0.2) is 40.2 Å². The van der Waals surface area contributed by atoms with Crippen molar-refractivity contribution in [1.29, 1.82) is 0 Å². The van der Waals surface area contributed by atoms with Crippen molar-refractivity contribution in [1.82, 2.24) is 4.47 Å². The topological polar surface area (TPSA) is 102 Å². The summed E-state index contributed by atoms with van der Waals surface area (Å²) in [5.74, 6) is 0.726. The number of benzene rings is 2. The molecule has 2 unspecified atom stereocenters. The molecule has 0 fully saturated rings. The zero-order valence-corrected chi connectivity index (χ0v) is 19.4. The lowest BCUT2D eigenvalue weighted by Crippen LogP contribution is -2.41. The van der Waals surface area contributed by atoms with Crippen molar-refractivity contribution in [2.45, 2.75) is 37.8 Å². The molecule has 168 valence electrons. The van der Waals surface area contributed by atoms with Crippen LogP contribution in [-0.2, 0) is 24.9 Å². The molecule has 1 aliphatic rings. The van der Waals surface area contributed by atoms with E-state index in [1.54, 1.807) is 6.92 Å². The molecule has 0 amide bonds. The Bertz CT molecular complexity index is 1160. The lowest BCUT2D eigenvalue weighted by Gasteiger charge is -2.35. The van der Waals surface area contributed by atoms with Crippen LogP contribution in [0.5, 0.6) is 5.75 Å². The summed E-state index contributed by atoms with van der Waals surface area (Å²) in [6.07, 6.45) is 2.31. The molecule has 10 heteroatoms. The number of sulfonamides is 2. The Morgan fingerprint density at radius 1 is 1.03 bits per heavy atom. The quantitative estimate of drug-likeness (QED) is 0.627. The molecule has 0 aliphatic carbocycles. The molecular formula is C21H26N2O6S2. The van der Waals surface area contributed by atoms with Crippen LogP contribution in [0.4, 0.5) is 5.69 Å². The van der Waals surface area contributed by atoms with Gasteiger partial charge in [-0.2, -0.15) is 0 Å². The highest BCUT2D eigenvalue weighted by Crippen LogP contribution is 2.36. The predicted octanol–water partition coefficient (Wildman–Crippen LogP) is 3.47. The highest BCUT2D eigenvalue weighted by molar-refractivity contribution is 7.92. The van der Waals surface area contributed by atoms with Crippen molar-refractivity contribution in [3.8, 4) is 5.75 Å². The monoisotopic (exact) mass is 466 g/mol. The Hall–Kier alpha value is -2.40. The van der Waals surface area contributed by atoms with Crippen LogP contribution < -0.4 is 9.46 Å². The summed E-state index contributed by atoms with van der Waals surface area (Å²) in [5.41, 5.74) is 1.98. The second kappa shape index (κ2) is 8.99. The van der Waals surface area contributed by atoms with Gasteiger partial charge in [0.15, 0.2) is 0 Å². The van der Waals surface area contributed by atoms with Crippen LogP contribution in [0.3, 0.4) is 0 Å². The molecule has 0 aromatic heterocycles. The summed E-state index contributed by atoms with van der Waals surface area (Å²) in [6, 6.07) is 12.3. The molecule has 31 heavy (non-hydrogen) atoms. The van der Waals surface area contributed by atoms with Gasteiger partial charge in [-0.3, -0.25) is 9.56 Å². The van der Waals surface area contributed by atoms with Gasteiger partial charge in [-0.1, -0.05) is 22.7 Å². The standard InChI is InChI=1S/C21H26N2O6S2/c1-5-28-19-10-6-17(7-11-19)21-15(2)14-16(3)23(29-21)31(26,27)20-12-8-18(9-13-20)22-30(4,24)25/h6-14,16,21-22H,5H2,1-4H3. The van der Waals surface area contributed by atoms with E-state index in [-0.39, 0.29) is 10.6 Å². The van der Waals surface area contributed by atoms with Gasteiger partial charge < -0.3 is 4.74 Å². The average Bonchev–Trinajstić information content (AvgIpc) is 2.68. The third-order valence-corrected chi connectivity index (χ3v) is 7.01. The van der Waals surface area contributed by atoms with Crippen LogP contribution in [0, 0.1) is 0 Å². The van der Waals surface area contributed by atoms with E-state index in [0.29, 0.717) is 6.61 Å². The SMILES string of the molecule is CCOc1ccc(C2ON(S(=O)(=O)c3ccc(NS(C)(=O)=O)cc3)C(C)C=C2C)cc1. The lowest BCUT2D eigenvalue weighted by molar-refractivity contribution is -0.143. The van der Waals surface area contributed by atoms with Gasteiger partial charge in [-0.05, 0) is 68.3 Å². The third-order valence-electron chi connectivity index (χ3n) is 4.65. The molecule has 1 N–H and O–H groups in total. The molecule has 2 atom stereocenters. The van der Waals surface area contributed by atoms with E-state index in [1.807, 2.05) is 44.2 Å². The predicted molar refractivity (Wildman–Crippen MR) is 119 cm³/mol. The Kier molecular flexibility index (Phi) is 6.75. The van der Waals surface area contributed by atoms with Crippen LogP contribution in [0.2, 0.25) is 0 Å². The highest BCUT2D eigenvalue weighted by atomic mass is 32.2. The van der Waals surface area contributed by atoms with Crippen LogP contribution in [0.25, 0.3) is 0 Å². The highest BCUT2D eigenvalue weighted by Gasteiger charge is 2.36. The van der Waals surface area contributed by atoms with E-state index in [1.165, 1.54) is 24.3 Å². The van der Waals surface area contributed by atoms with Crippen molar-refractivity contribution in [2.75, 3.05) is 17.6 Å². The van der Waals surface area contributed by atoms with E-state index in [2.05, 4.69) is 4.72 Å². The van der Waals surface area contributed by atoms with Crippen molar-refractivity contribution in [3.05, 3.63) is 65.7 Å². The number of nitrogens with one attached hydrogen (secondary N) is 1. The van der Waals surface area contributed by atoms with E-state index in [9.17, 15) is 16.8 Å². The minimum absolute atomic E-state index is 0.00296. The normalized spacial score (nSPS) is 20.2. The fourth-order valence-electron chi connectivity index (χ4n) is 3.33. The number of hydrogen-bond acceptors (Lipinski definition) is 6. The Labute approximate surface area is 183 Å². The van der Waals surface area contributed by atoms with Gasteiger partial charge in [-0.25, -0.2) is 16.8 Å². The lowest BCUT2D eigenvalue weighted by atomic mass is 10.00. The first kappa shape index (κ1) is 23.3. The number of hydrogen-bond donors (Lipinski definition) is 1. The first-order valence-electron chi connectivity index (χ1n) is 9.71. The molecule has 0 bridgehead atoms. The third kappa shape index (κ3) is 5.45. The molecule has 2 aromatic carbocycles. The molecule has 0 saturated heterocycles. The molecule has 2 aromatic rings. The summed E-state index contributed by atoms with van der Waals surface area (Å²) in [4.78, 5) is 5.95. The average molecular weight is 467 g/mol. The molecule has 0 radical (unpaired) electrons. The number of ether oxygens (including phenoxy) is 1. The van der Waals surface area contributed by atoms with Crippen LogP contribution >= 0.6 is 0 Å². The summed E-state index contributed by atoms with van der Waals surface area (Å²) in [5, 5.41) is 0. The van der Waals surface area contributed by atoms with Gasteiger partial charge >= 0.3 is 0 Å². The van der Waals surface area contributed by atoms with Gasteiger partial charge in [0.1, 0.15) is 11.9 Å². The maximum atomic E-state index is 13.2. The van der Waals surface area contributed by atoms with Gasteiger partial charge in [0.2, 0.25) is 10.0 Å². The summed E-state index contributed by atoms with van der Waals surface area (Å²) in [7, 11) is -7.45. The van der Waals surface area contributed by atoms with E-state index in [4.69, 9.17) is 9.57 Å². The zero-order valence-electron chi connectivity index (χ0n) is 17.8. The maximum absolute atomic E-state index is 13.2. The number of anilines is 1. The molecule has 3 rings (SSSR count). The molecule has 8 nitrogen and oxygen atoms in total. The Morgan fingerprint density at radius 2 is 1.65 bits per heavy atom. The first-order valence-corrected chi connectivity index (χ1v) is 13.0. The van der Waals surface area contributed by atoms with Crippen LogP contribution in [0.1, 0.15) is 32.4 Å². The van der Waals surface area contributed by atoms with Gasteiger partial charge in [-0.15, -0.1) is 0 Å². The van der Waals surface area contributed by atoms with Crippen molar-refractivity contribution < 1.29 is 26.4 Å². The maximum Gasteiger partial charge on any atom is 0.265 e. The number of hydroxylamine groups is 1. The first-order chi connectivity index (χ1) is 14.5. The second-order valence-corrected chi connectivity index (χ2v) is 10.8. The minimum Gasteiger partial charge on any atom is -0.494 e. The summed E-state index contributed by atoms with van der Waals surface area (Å²) < 4.78 is 57.9. The van der Waals surface area contributed by atoms with Crippen molar-refractivity contribution in [2.24, 2.45) is 0 Å². The molecule has 0 spiro atoms. The molecule has 1 heterocycles. The Morgan fingerprint density at radius 3 is 2.19 bits per heavy atom. The number of nitrogens with zero attached hydrogens (tertiary/aromatic N) is 1. The van der Waals surface area contributed by atoms with Gasteiger partial charge in [0.25, 0.3) is 10.0 Å². The summed E-state index contributed by atoms with van der Waals surface area (Å²) >= 11 is 0. The zero-order chi connectivity index (χ0) is 22.8. The minimum atomic E-state index is -3.99. The summed E-state index contributed by atoms with van der Waals surface area (Å²) in [6.45, 7) is 6.08. The van der Waals surface area contributed by atoms with Crippen LogP contribution in [0.15, 0.2) is 65.1 Å². The Balaban J connectivity index is 1.87.